The van der Waals surface area contributed by atoms with E-state index < -0.39 is 22.5 Å². The molecule has 0 radical (unpaired) electrons. The number of carbonyl (C=O) groups excluding carboxylic acids is 1. The zero-order valence-corrected chi connectivity index (χ0v) is 18.5. The van der Waals surface area contributed by atoms with Gasteiger partial charge in [0.1, 0.15) is 11.4 Å². The van der Waals surface area contributed by atoms with Crippen LogP contribution in [-0.2, 0) is 19.6 Å². The monoisotopic (exact) mass is 443 g/mol. The number of nitrogens with zero attached hydrogens (tertiary/aromatic N) is 1. The predicted octanol–water partition coefficient (Wildman–Crippen LogP) is 5.26. The fourth-order valence-electron chi connectivity index (χ4n) is 2.55. The van der Waals surface area contributed by atoms with Gasteiger partial charge in [-0.1, -0.05) is 49.2 Å². The highest BCUT2D eigenvalue weighted by Crippen LogP contribution is 2.31. The molecule has 0 fully saturated rings. The summed E-state index contributed by atoms with van der Waals surface area (Å²) >= 11 is 12.1. The van der Waals surface area contributed by atoms with E-state index >= 15 is 0 Å². The highest BCUT2D eigenvalue weighted by atomic mass is 35.5. The van der Waals surface area contributed by atoms with Gasteiger partial charge >= 0.3 is 5.97 Å². The minimum atomic E-state index is -4.16. The Morgan fingerprint density at radius 3 is 2.18 bits per heavy atom. The number of esters is 1. The number of hydrogen-bond acceptors (Lipinski definition) is 4. The van der Waals surface area contributed by atoms with Gasteiger partial charge in [-0.2, -0.15) is 0 Å². The topological polar surface area (TPSA) is 63.7 Å². The van der Waals surface area contributed by atoms with E-state index in [9.17, 15) is 13.2 Å². The fraction of sp³-hybridized carbons (Fsp3) is 0.350. The van der Waals surface area contributed by atoms with Crippen molar-refractivity contribution in [2.24, 2.45) is 0 Å². The Morgan fingerprint density at radius 1 is 1.04 bits per heavy atom. The molecule has 0 aliphatic heterocycles. The van der Waals surface area contributed by atoms with Crippen LogP contribution in [0.3, 0.4) is 0 Å². The number of sulfonamides is 1. The summed E-state index contributed by atoms with van der Waals surface area (Å²) < 4.78 is 32.8. The third-order valence-electron chi connectivity index (χ3n) is 3.95. The molecule has 0 amide bonds. The number of benzene rings is 2. The summed E-state index contributed by atoms with van der Waals surface area (Å²) in [5.74, 6) is -0.378. The number of carbonyl (C=O) groups is 1. The molecule has 0 aliphatic rings. The van der Waals surface area contributed by atoms with Crippen molar-refractivity contribution in [3.63, 3.8) is 0 Å². The van der Waals surface area contributed by atoms with Gasteiger partial charge in [-0.15, -0.1) is 0 Å². The SMILES string of the molecule is CC(C)OC(=O)CN(c1ccc(C(C)C)cc1)S(=O)(=O)c1cc(Cl)ccc1Cl. The average molecular weight is 444 g/mol. The molecule has 5 nitrogen and oxygen atoms in total. The number of rotatable bonds is 7. The van der Waals surface area contributed by atoms with Crippen molar-refractivity contribution < 1.29 is 17.9 Å². The molecule has 2 rings (SSSR count). The van der Waals surface area contributed by atoms with E-state index in [1.54, 1.807) is 26.0 Å². The molecule has 8 heteroatoms. The Bertz CT molecular complexity index is 941. The standard InChI is InChI=1S/C20H23Cl2NO4S/c1-13(2)15-5-8-17(9-6-15)23(12-20(24)27-14(3)4)28(25,26)19-11-16(21)7-10-18(19)22/h5-11,13-14H,12H2,1-4H3. The lowest BCUT2D eigenvalue weighted by atomic mass is 10.0. The fourth-order valence-corrected chi connectivity index (χ4v) is 4.70. The van der Waals surface area contributed by atoms with E-state index in [1.165, 1.54) is 18.2 Å². The van der Waals surface area contributed by atoms with Crippen LogP contribution in [0.25, 0.3) is 0 Å². The Balaban J connectivity index is 2.53. The van der Waals surface area contributed by atoms with Crippen LogP contribution in [-0.4, -0.2) is 27.0 Å². The smallest absolute Gasteiger partial charge is 0.327 e. The first-order valence-corrected chi connectivity index (χ1v) is 11.0. The average Bonchev–Trinajstić information content (AvgIpc) is 2.61. The Hall–Kier alpha value is -1.76. The van der Waals surface area contributed by atoms with E-state index in [0.717, 1.165) is 9.87 Å². The first kappa shape index (κ1) is 22.5. The maximum Gasteiger partial charge on any atom is 0.327 e. The molecule has 0 bridgehead atoms. The van der Waals surface area contributed by atoms with Crippen molar-refractivity contribution in [2.75, 3.05) is 10.8 Å². The summed E-state index contributed by atoms with van der Waals surface area (Å²) in [6.45, 7) is 6.99. The van der Waals surface area contributed by atoms with Gasteiger partial charge in [0, 0.05) is 5.02 Å². The highest BCUT2D eigenvalue weighted by Gasteiger charge is 2.30. The van der Waals surface area contributed by atoms with E-state index in [2.05, 4.69) is 0 Å². The summed E-state index contributed by atoms with van der Waals surface area (Å²) in [6, 6.07) is 11.1. The summed E-state index contributed by atoms with van der Waals surface area (Å²) in [4.78, 5) is 12.1. The predicted molar refractivity (Wildman–Crippen MR) is 113 cm³/mol. The molecule has 0 unspecified atom stereocenters. The van der Waals surface area contributed by atoms with Crippen molar-refractivity contribution in [1.82, 2.24) is 0 Å². The minimum Gasteiger partial charge on any atom is -0.462 e. The van der Waals surface area contributed by atoms with Crippen LogP contribution in [0.1, 0.15) is 39.2 Å². The van der Waals surface area contributed by atoms with E-state index in [-0.39, 0.29) is 27.0 Å². The third-order valence-corrected chi connectivity index (χ3v) is 6.44. The Labute approximate surface area is 176 Å². The zero-order chi connectivity index (χ0) is 21.1. The highest BCUT2D eigenvalue weighted by molar-refractivity contribution is 7.93. The number of hydrogen-bond donors (Lipinski definition) is 0. The second kappa shape index (κ2) is 9.16. The molecule has 2 aromatic carbocycles. The molecule has 28 heavy (non-hydrogen) atoms. The van der Waals surface area contributed by atoms with E-state index in [1.807, 2.05) is 26.0 Å². The molecular weight excluding hydrogens is 421 g/mol. The van der Waals surface area contributed by atoms with Crippen LogP contribution in [0.4, 0.5) is 5.69 Å². The van der Waals surface area contributed by atoms with Crippen molar-refractivity contribution in [3.05, 3.63) is 58.1 Å². The number of halogens is 2. The maximum atomic E-state index is 13.3. The normalized spacial score (nSPS) is 11.7. The molecule has 2 aromatic rings. The van der Waals surface area contributed by atoms with Crippen LogP contribution >= 0.6 is 23.2 Å². The molecule has 0 saturated carbocycles. The molecule has 0 N–H and O–H groups in total. The van der Waals surface area contributed by atoms with Crippen molar-refractivity contribution in [3.8, 4) is 0 Å². The lowest BCUT2D eigenvalue weighted by Gasteiger charge is -2.25. The summed E-state index contributed by atoms with van der Waals surface area (Å²) in [6.07, 6.45) is -0.366. The third kappa shape index (κ3) is 5.40. The number of anilines is 1. The molecule has 0 saturated heterocycles. The molecule has 0 aromatic heterocycles. The summed E-state index contributed by atoms with van der Waals surface area (Å²) in [5, 5.41) is 0.244. The maximum absolute atomic E-state index is 13.3. The van der Waals surface area contributed by atoms with E-state index in [4.69, 9.17) is 27.9 Å². The molecule has 0 spiro atoms. The molecule has 0 aliphatic carbocycles. The van der Waals surface area contributed by atoms with Crippen LogP contribution in [0.2, 0.25) is 10.0 Å². The second-order valence-electron chi connectivity index (χ2n) is 6.87. The quantitative estimate of drug-likeness (QED) is 0.547. The van der Waals surface area contributed by atoms with Crippen LogP contribution in [0.5, 0.6) is 0 Å². The van der Waals surface area contributed by atoms with Gasteiger partial charge in [0.2, 0.25) is 0 Å². The van der Waals surface area contributed by atoms with Gasteiger partial charge < -0.3 is 4.74 Å². The summed E-state index contributed by atoms with van der Waals surface area (Å²) in [7, 11) is -4.16. The van der Waals surface area contributed by atoms with Crippen molar-refractivity contribution in [1.29, 1.82) is 0 Å². The second-order valence-corrected chi connectivity index (χ2v) is 9.55. The number of ether oxygens (including phenoxy) is 1. The van der Waals surface area contributed by atoms with Crippen molar-refractivity contribution in [2.45, 2.75) is 44.6 Å². The van der Waals surface area contributed by atoms with Gasteiger partial charge in [-0.05, 0) is 55.7 Å². The van der Waals surface area contributed by atoms with Gasteiger partial charge in [0.25, 0.3) is 10.0 Å². The Kier molecular flexibility index (Phi) is 7.37. The van der Waals surface area contributed by atoms with Gasteiger partial charge in [0.15, 0.2) is 0 Å². The molecule has 0 heterocycles. The van der Waals surface area contributed by atoms with Gasteiger partial charge in [0.05, 0.1) is 16.8 Å². The zero-order valence-electron chi connectivity index (χ0n) is 16.1. The van der Waals surface area contributed by atoms with Crippen molar-refractivity contribution >= 4 is 44.9 Å². The van der Waals surface area contributed by atoms with E-state index in [0.29, 0.717) is 5.69 Å². The molecular formula is C20H23Cl2NO4S. The van der Waals surface area contributed by atoms with Crippen LogP contribution in [0, 0.1) is 0 Å². The van der Waals surface area contributed by atoms with Gasteiger partial charge in [-0.25, -0.2) is 8.42 Å². The first-order valence-electron chi connectivity index (χ1n) is 8.79. The van der Waals surface area contributed by atoms with Crippen LogP contribution in [0.15, 0.2) is 47.4 Å². The largest absolute Gasteiger partial charge is 0.462 e. The van der Waals surface area contributed by atoms with Crippen LogP contribution < -0.4 is 4.31 Å². The molecule has 0 atom stereocenters. The Morgan fingerprint density at radius 2 is 1.64 bits per heavy atom. The molecule has 152 valence electrons. The summed E-state index contributed by atoms with van der Waals surface area (Å²) in [5.41, 5.74) is 1.38. The van der Waals surface area contributed by atoms with Gasteiger partial charge in [-0.3, -0.25) is 9.10 Å². The minimum absolute atomic E-state index is 0.0189. The first-order chi connectivity index (χ1) is 13.0. The lowest BCUT2D eigenvalue weighted by Crippen LogP contribution is -2.37. The lowest BCUT2D eigenvalue weighted by molar-refractivity contribution is -0.145.